The number of carbonyl (C=O) groups excluding carboxylic acids is 1. The first-order valence-corrected chi connectivity index (χ1v) is 7.81. The molecule has 0 aliphatic carbocycles. The Morgan fingerprint density at radius 1 is 1.25 bits per heavy atom. The summed E-state index contributed by atoms with van der Waals surface area (Å²) in [5.74, 6) is 0.667. The standard InChI is InChI=1S/C16H13N3O4S/c1-8-9(2)12(19(21)22)5-4-11(8)13-6-3-10(23-13)7-14-15(20)18-16(17)24-14/h3-7H,1-2H3,(H2,17,18,20)/b14-7+. The lowest BCUT2D eigenvalue weighted by Crippen LogP contribution is -2.01. The van der Waals surface area contributed by atoms with Crippen LogP contribution in [0.25, 0.3) is 17.4 Å². The fourth-order valence-corrected chi connectivity index (χ4v) is 3.06. The van der Waals surface area contributed by atoms with Crippen molar-refractivity contribution in [1.29, 1.82) is 0 Å². The topological polar surface area (TPSA) is 112 Å². The number of nitrogens with two attached hydrogens (primary N) is 1. The van der Waals surface area contributed by atoms with Crippen molar-refractivity contribution in [3.8, 4) is 11.3 Å². The highest BCUT2D eigenvalue weighted by Gasteiger charge is 2.21. The van der Waals surface area contributed by atoms with Crippen LogP contribution in [0.2, 0.25) is 0 Å². The van der Waals surface area contributed by atoms with E-state index in [1.807, 2.05) is 6.92 Å². The molecule has 0 unspecified atom stereocenters. The molecule has 24 heavy (non-hydrogen) atoms. The Labute approximate surface area is 141 Å². The van der Waals surface area contributed by atoms with Gasteiger partial charge in [0.1, 0.15) is 11.5 Å². The predicted molar refractivity (Wildman–Crippen MR) is 92.5 cm³/mol. The SMILES string of the molecule is Cc1c(-c2ccc(/C=C3/SC(N)=NC3=O)o2)ccc([N+](=O)[O-])c1C. The first-order chi connectivity index (χ1) is 11.4. The summed E-state index contributed by atoms with van der Waals surface area (Å²) in [5, 5.41) is 11.2. The minimum absolute atomic E-state index is 0.0747. The molecule has 0 spiro atoms. The summed E-state index contributed by atoms with van der Waals surface area (Å²) in [5.41, 5.74) is 7.72. The minimum Gasteiger partial charge on any atom is -0.457 e. The molecule has 1 aliphatic rings. The molecule has 122 valence electrons. The number of carbonyl (C=O) groups is 1. The highest BCUT2D eigenvalue weighted by Crippen LogP contribution is 2.33. The Morgan fingerprint density at radius 2 is 2.00 bits per heavy atom. The van der Waals surface area contributed by atoms with Gasteiger partial charge in [0.2, 0.25) is 0 Å². The third kappa shape index (κ3) is 2.83. The van der Waals surface area contributed by atoms with Crippen LogP contribution in [-0.4, -0.2) is 16.0 Å². The molecule has 1 aliphatic heterocycles. The molecule has 3 rings (SSSR count). The van der Waals surface area contributed by atoms with Crippen LogP contribution in [0.1, 0.15) is 16.9 Å². The number of thioether (sulfide) groups is 1. The summed E-state index contributed by atoms with van der Waals surface area (Å²) >= 11 is 1.09. The van der Waals surface area contributed by atoms with Crippen molar-refractivity contribution < 1.29 is 14.1 Å². The van der Waals surface area contributed by atoms with Gasteiger partial charge in [0.05, 0.1) is 9.83 Å². The highest BCUT2D eigenvalue weighted by molar-refractivity contribution is 8.18. The van der Waals surface area contributed by atoms with Gasteiger partial charge in [-0.05, 0) is 49.4 Å². The van der Waals surface area contributed by atoms with E-state index < -0.39 is 10.8 Å². The maximum Gasteiger partial charge on any atom is 0.286 e. The number of aliphatic imine (C=N–C) groups is 1. The molecular weight excluding hydrogens is 330 g/mol. The maximum absolute atomic E-state index is 11.6. The molecule has 0 saturated carbocycles. The molecule has 2 heterocycles. The van der Waals surface area contributed by atoms with E-state index in [-0.39, 0.29) is 10.9 Å². The van der Waals surface area contributed by atoms with E-state index in [0.29, 0.717) is 22.0 Å². The molecule has 0 saturated heterocycles. The second-order valence-electron chi connectivity index (χ2n) is 5.21. The van der Waals surface area contributed by atoms with Crippen LogP contribution < -0.4 is 5.73 Å². The van der Waals surface area contributed by atoms with Crippen LogP contribution in [0.5, 0.6) is 0 Å². The lowest BCUT2D eigenvalue weighted by molar-refractivity contribution is -0.385. The van der Waals surface area contributed by atoms with Gasteiger partial charge in [-0.1, -0.05) is 0 Å². The Balaban J connectivity index is 1.95. The number of amides is 1. The van der Waals surface area contributed by atoms with Gasteiger partial charge in [0.15, 0.2) is 5.17 Å². The molecule has 1 amide bonds. The first-order valence-electron chi connectivity index (χ1n) is 6.99. The number of rotatable bonds is 3. The van der Waals surface area contributed by atoms with Crippen LogP contribution >= 0.6 is 11.8 Å². The number of hydrogen-bond acceptors (Lipinski definition) is 6. The van der Waals surface area contributed by atoms with E-state index in [1.54, 1.807) is 31.2 Å². The van der Waals surface area contributed by atoms with Gasteiger partial charge in [-0.15, -0.1) is 0 Å². The van der Waals surface area contributed by atoms with E-state index in [2.05, 4.69) is 4.99 Å². The summed E-state index contributed by atoms with van der Waals surface area (Å²) in [6.07, 6.45) is 1.58. The van der Waals surface area contributed by atoms with Gasteiger partial charge in [0.25, 0.3) is 11.6 Å². The van der Waals surface area contributed by atoms with E-state index in [9.17, 15) is 14.9 Å². The van der Waals surface area contributed by atoms with E-state index >= 15 is 0 Å². The maximum atomic E-state index is 11.6. The average molecular weight is 343 g/mol. The van der Waals surface area contributed by atoms with Crippen molar-refractivity contribution in [1.82, 2.24) is 0 Å². The summed E-state index contributed by atoms with van der Waals surface area (Å²) in [6.45, 7) is 3.51. The summed E-state index contributed by atoms with van der Waals surface area (Å²) in [7, 11) is 0. The second kappa shape index (κ2) is 5.97. The largest absolute Gasteiger partial charge is 0.457 e. The van der Waals surface area contributed by atoms with Gasteiger partial charge < -0.3 is 10.2 Å². The monoisotopic (exact) mass is 343 g/mol. The lowest BCUT2D eigenvalue weighted by Gasteiger charge is -2.06. The third-order valence-corrected chi connectivity index (χ3v) is 4.57. The third-order valence-electron chi connectivity index (χ3n) is 3.76. The highest BCUT2D eigenvalue weighted by atomic mass is 32.2. The number of benzene rings is 1. The Kier molecular flexibility index (Phi) is 3.98. The molecule has 2 aromatic rings. The molecule has 1 aromatic carbocycles. The average Bonchev–Trinajstić information content (AvgIpc) is 3.09. The smallest absolute Gasteiger partial charge is 0.286 e. The van der Waals surface area contributed by atoms with Crippen molar-refractivity contribution >= 4 is 34.6 Å². The zero-order chi connectivity index (χ0) is 17.4. The number of furan rings is 1. The van der Waals surface area contributed by atoms with E-state index in [4.69, 9.17) is 10.2 Å². The number of nitro benzene ring substituents is 1. The molecule has 0 atom stereocenters. The molecular formula is C16H13N3O4S. The van der Waals surface area contributed by atoms with Gasteiger partial charge in [-0.2, -0.15) is 4.99 Å². The zero-order valence-corrected chi connectivity index (χ0v) is 13.7. The second-order valence-corrected chi connectivity index (χ2v) is 6.27. The van der Waals surface area contributed by atoms with Crippen molar-refractivity contribution in [2.75, 3.05) is 0 Å². The van der Waals surface area contributed by atoms with E-state index in [0.717, 1.165) is 22.9 Å². The van der Waals surface area contributed by atoms with Crippen molar-refractivity contribution in [3.63, 3.8) is 0 Å². The molecule has 1 aromatic heterocycles. The van der Waals surface area contributed by atoms with Crippen LogP contribution in [0.3, 0.4) is 0 Å². The van der Waals surface area contributed by atoms with Crippen LogP contribution in [0.15, 0.2) is 38.6 Å². The molecule has 0 fully saturated rings. The summed E-state index contributed by atoms with van der Waals surface area (Å²) in [4.78, 5) is 26.2. The van der Waals surface area contributed by atoms with Crippen molar-refractivity contribution in [3.05, 3.63) is 56.2 Å². The summed E-state index contributed by atoms with van der Waals surface area (Å²) in [6, 6.07) is 6.60. The van der Waals surface area contributed by atoms with Gasteiger partial charge in [-0.3, -0.25) is 14.9 Å². The number of nitro groups is 1. The molecule has 8 heteroatoms. The quantitative estimate of drug-likeness (QED) is 0.519. The van der Waals surface area contributed by atoms with Crippen LogP contribution in [-0.2, 0) is 4.79 Å². The minimum atomic E-state index is -0.405. The fourth-order valence-electron chi connectivity index (χ4n) is 2.40. The Bertz CT molecular complexity index is 927. The van der Waals surface area contributed by atoms with Crippen LogP contribution in [0, 0.1) is 24.0 Å². The van der Waals surface area contributed by atoms with Gasteiger partial charge >= 0.3 is 0 Å². The van der Waals surface area contributed by atoms with Crippen LogP contribution in [0.4, 0.5) is 5.69 Å². The van der Waals surface area contributed by atoms with Gasteiger partial charge in [-0.25, -0.2) is 0 Å². The first kappa shape index (κ1) is 16.0. The van der Waals surface area contributed by atoms with Crippen molar-refractivity contribution in [2.24, 2.45) is 10.7 Å². The number of hydrogen-bond donors (Lipinski definition) is 1. The predicted octanol–water partition coefficient (Wildman–Crippen LogP) is 3.40. The number of amidine groups is 1. The molecule has 7 nitrogen and oxygen atoms in total. The fraction of sp³-hybridized carbons (Fsp3) is 0.125. The lowest BCUT2D eigenvalue weighted by atomic mass is 10.00. The molecule has 0 radical (unpaired) electrons. The zero-order valence-electron chi connectivity index (χ0n) is 12.9. The Morgan fingerprint density at radius 3 is 2.62 bits per heavy atom. The molecule has 0 bridgehead atoms. The number of nitrogens with zero attached hydrogens (tertiary/aromatic N) is 2. The Hall–Kier alpha value is -2.87. The normalized spacial score (nSPS) is 15.8. The summed E-state index contributed by atoms with van der Waals surface area (Å²) < 4.78 is 5.75. The van der Waals surface area contributed by atoms with E-state index in [1.165, 1.54) is 6.07 Å². The van der Waals surface area contributed by atoms with Gasteiger partial charge in [0, 0.05) is 23.3 Å². The molecule has 2 N–H and O–H groups in total. The van der Waals surface area contributed by atoms with Crippen molar-refractivity contribution in [2.45, 2.75) is 13.8 Å².